The molecule has 3 heterocycles. The van der Waals surface area contributed by atoms with Crippen molar-refractivity contribution in [3.05, 3.63) is 71.1 Å². The van der Waals surface area contributed by atoms with Crippen LogP contribution in [0, 0.1) is 5.92 Å². The molecule has 2 aromatic carbocycles. The summed E-state index contributed by atoms with van der Waals surface area (Å²) in [5.41, 5.74) is 2.22. The second-order valence-electron chi connectivity index (χ2n) is 8.07. The minimum absolute atomic E-state index is 0.0250. The van der Waals surface area contributed by atoms with Crippen LogP contribution in [0.2, 0.25) is 0 Å². The lowest BCUT2D eigenvalue weighted by molar-refractivity contribution is -0.147. The molecule has 174 valence electrons. The van der Waals surface area contributed by atoms with Gasteiger partial charge in [-0.2, -0.15) is 18.2 Å². The van der Waals surface area contributed by atoms with Crippen molar-refractivity contribution < 1.29 is 27.6 Å². The van der Waals surface area contributed by atoms with Crippen molar-refractivity contribution in [2.45, 2.75) is 12.7 Å². The summed E-state index contributed by atoms with van der Waals surface area (Å²) in [5, 5.41) is 12.9. The predicted molar refractivity (Wildman–Crippen MR) is 120 cm³/mol. The molecule has 1 fully saturated rings. The highest BCUT2D eigenvalue weighted by Gasteiger charge is 2.37. The number of carbonyl (C=O) groups is 1. The number of alkyl halides is 3. The van der Waals surface area contributed by atoms with Gasteiger partial charge in [-0.05, 0) is 17.2 Å². The third-order valence-electron chi connectivity index (χ3n) is 5.64. The molecule has 1 saturated heterocycles. The van der Waals surface area contributed by atoms with Crippen LogP contribution in [0.25, 0.3) is 33.3 Å². The lowest BCUT2D eigenvalue weighted by Gasteiger charge is -2.36. The van der Waals surface area contributed by atoms with E-state index in [0.29, 0.717) is 42.1 Å². The number of carboxylic acid groups (broad SMARTS) is 1. The zero-order chi connectivity index (χ0) is 23.9. The Morgan fingerprint density at radius 1 is 1.09 bits per heavy atom. The quantitative estimate of drug-likeness (QED) is 0.379. The van der Waals surface area contributed by atoms with E-state index in [1.807, 2.05) is 29.2 Å². The van der Waals surface area contributed by atoms with E-state index in [2.05, 4.69) is 10.1 Å². The summed E-state index contributed by atoms with van der Waals surface area (Å²) in [6.45, 7) is 1.69. The fourth-order valence-corrected chi connectivity index (χ4v) is 4.82. The van der Waals surface area contributed by atoms with Gasteiger partial charge in [-0.25, -0.2) is 0 Å². The van der Waals surface area contributed by atoms with Gasteiger partial charge in [0.1, 0.15) is 4.88 Å². The van der Waals surface area contributed by atoms with Crippen molar-refractivity contribution >= 4 is 17.3 Å². The molecule has 0 radical (unpaired) electrons. The van der Waals surface area contributed by atoms with Gasteiger partial charge in [0.25, 0.3) is 5.89 Å². The molecule has 5 rings (SSSR count). The standard InChI is InChI=1S/C24H18F3N3O3S/c25-24(26,27)20-18(15-4-2-1-3-5-15)10-19(34-20)22-28-21(29-33-22)16-8-6-14(7-9-16)11-30-12-17(13-30)23(31)32/h1-10,17H,11-13H2,(H,31,32). The Bertz CT molecular complexity index is 1310. The smallest absolute Gasteiger partial charge is 0.426 e. The van der Waals surface area contributed by atoms with Crippen molar-refractivity contribution in [1.29, 1.82) is 0 Å². The van der Waals surface area contributed by atoms with E-state index in [0.717, 1.165) is 5.56 Å². The zero-order valence-electron chi connectivity index (χ0n) is 17.6. The average Bonchev–Trinajstić information content (AvgIpc) is 3.44. The van der Waals surface area contributed by atoms with Crippen LogP contribution in [0.1, 0.15) is 10.4 Å². The van der Waals surface area contributed by atoms with Crippen molar-refractivity contribution in [3.8, 4) is 33.3 Å². The molecule has 0 aliphatic carbocycles. The number of benzene rings is 2. The van der Waals surface area contributed by atoms with Gasteiger partial charge in [0.15, 0.2) is 0 Å². The van der Waals surface area contributed by atoms with Crippen molar-refractivity contribution in [1.82, 2.24) is 15.0 Å². The number of carboxylic acids is 1. The number of halogens is 3. The Kier molecular flexibility index (Phi) is 5.70. The molecule has 0 spiro atoms. The zero-order valence-corrected chi connectivity index (χ0v) is 18.4. The molecular weight excluding hydrogens is 467 g/mol. The molecule has 0 unspecified atom stereocenters. The Morgan fingerprint density at radius 3 is 2.44 bits per heavy atom. The van der Waals surface area contributed by atoms with Gasteiger partial charge in [-0.1, -0.05) is 59.8 Å². The maximum atomic E-state index is 13.7. The largest absolute Gasteiger partial charge is 0.481 e. The lowest BCUT2D eigenvalue weighted by Crippen LogP contribution is -2.49. The van der Waals surface area contributed by atoms with Crippen LogP contribution in [0.15, 0.2) is 65.2 Å². The van der Waals surface area contributed by atoms with Crippen molar-refractivity contribution in [2.75, 3.05) is 13.1 Å². The summed E-state index contributed by atoms with van der Waals surface area (Å²) < 4.78 is 46.3. The summed E-state index contributed by atoms with van der Waals surface area (Å²) in [7, 11) is 0. The third kappa shape index (κ3) is 4.46. The lowest BCUT2D eigenvalue weighted by atomic mass is 9.99. The number of thiophene rings is 1. The van der Waals surface area contributed by atoms with Gasteiger partial charge in [0.2, 0.25) is 5.82 Å². The Labute approximate surface area is 196 Å². The summed E-state index contributed by atoms with van der Waals surface area (Å²) >= 11 is 0.575. The average molecular weight is 485 g/mol. The van der Waals surface area contributed by atoms with Gasteiger partial charge >= 0.3 is 12.1 Å². The maximum Gasteiger partial charge on any atom is 0.426 e. The summed E-state index contributed by atoms with van der Waals surface area (Å²) in [5.74, 6) is -0.783. The number of nitrogens with zero attached hydrogens (tertiary/aromatic N) is 3. The molecular formula is C24H18F3N3O3S. The fraction of sp³-hybridized carbons (Fsp3) is 0.208. The predicted octanol–water partition coefficient (Wildman–Crippen LogP) is 5.67. The van der Waals surface area contributed by atoms with E-state index in [-0.39, 0.29) is 28.1 Å². The third-order valence-corrected chi connectivity index (χ3v) is 6.80. The van der Waals surface area contributed by atoms with E-state index in [1.165, 1.54) is 6.07 Å². The number of aliphatic carboxylic acids is 1. The SMILES string of the molecule is O=C(O)C1CN(Cc2ccc(-c3noc(-c4cc(-c5ccccc5)c(C(F)(F)F)s4)n3)cc2)C1. The van der Waals surface area contributed by atoms with E-state index >= 15 is 0 Å². The first kappa shape index (κ1) is 22.3. The van der Waals surface area contributed by atoms with Crippen LogP contribution in [0.4, 0.5) is 13.2 Å². The molecule has 34 heavy (non-hydrogen) atoms. The number of aromatic nitrogens is 2. The van der Waals surface area contributed by atoms with Crippen LogP contribution in [0.3, 0.4) is 0 Å². The highest BCUT2D eigenvalue weighted by Crippen LogP contribution is 2.45. The minimum atomic E-state index is -4.51. The molecule has 2 aromatic heterocycles. The summed E-state index contributed by atoms with van der Waals surface area (Å²) in [6, 6.07) is 17.2. The van der Waals surface area contributed by atoms with E-state index < -0.39 is 17.0 Å². The van der Waals surface area contributed by atoms with Gasteiger partial charge in [0.05, 0.1) is 10.8 Å². The van der Waals surface area contributed by atoms with Gasteiger partial charge in [0, 0.05) is 30.8 Å². The molecule has 4 aromatic rings. The first-order chi connectivity index (χ1) is 16.3. The molecule has 6 nitrogen and oxygen atoms in total. The molecule has 0 atom stereocenters. The van der Waals surface area contributed by atoms with Crippen LogP contribution >= 0.6 is 11.3 Å². The monoisotopic (exact) mass is 485 g/mol. The summed E-state index contributed by atoms with van der Waals surface area (Å²) in [6.07, 6.45) is -4.51. The second kappa shape index (κ2) is 8.69. The molecule has 0 saturated carbocycles. The topological polar surface area (TPSA) is 79.5 Å². The van der Waals surface area contributed by atoms with E-state index in [1.54, 1.807) is 30.3 Å². The Hall–Kier alpha value is -3.50. The molecule has 0 amide bonds. The van der Waals surface area contributed by atoms with E-state index in [4.69, 9.17) is 9.63 Å². The van der Waals surface area contributed by atoms with Crippen molar-refractivity contribution in [3.63, 3.8) is 0 Å². The number of hydrogen-bond acceptors (Lipinski definition) is 6. The summed E-state index contributed by atoms with van der Waals surface area (Å²) in [4.78, 5) is 16.8. The van der Waals surface area contributed by atoms with Gasteiger partial charge < -0.3 is 9.63 Å². The Balaban J connectivity index is 1.35. The molecule has 1 aliphatic rings. The number of likely N-dealkylation sites (tertiary alicyclic amines) is 1. The van der Waals surface area contributed by atoms with Crippen LogP contribution < -0.4 is 0 Å². The van der Waals surface area contributed by atoms with E-state index in [9.17, 15) is 18.0 Å². The fourth-order valence-electron chi connectivity index (χ4n) is 3.85. The highest BCUT2D eigenvalue weighted by atomic mass is 32.1. The minimum Gasteiger partial charge on any atom is -0.481 e. The van der Waals surface area contributed by atoms with Crippen molar-refractivity contribution in [2.24, 2.45) is 5.92 Å². The van der Waals surface area contributed by atoms with Crippen LogP contribution in [-0.2, 0) is 17.5 Å². The maximum absolute atomic E-state index is 13.7. The Morgan fingerprint density at radius 2 is 1.79 bits per heavy atom. The molecule has 1 N–H and O–H groups in total. The first-order valence-corrected chi connectivity index (χ1v) is 11.2. The van der Waals surface area contributed by atoms with Crippen LogP contribution in [-0.4, -0.2) is 39.2 Å². The molecule has 0 bridgehead atoms. The normalized spacial score (nSPS) is 14.8. The van der Waals surface area contributed by atoms with Gasteiger partial charge in [-0.15, -0.1) is 11.3 Å². The highest BCUT2D eigenvalue weighted by molar-refractivity contribution is 7.16. The number of rotatable bonds is 6. The molecule has 1 aliphatic heterocycles. The molecule has 10 heteroatoms. The van der Waals surface area contributed by atoms with Gasteiger partial charge in [-0.3, -0.25) is 9.69 Å². The first-order valence-electron chi connectivity index (χ1n) is 10.4. The van der Waals surface area contributed by atoms with Crippen LogP contribution in [0.5, 0.6) is 0 Å². The number of hydrogen-bond donors (Lipinski definition) is 1. The second-order valence-corrected chi connectivity index (χ2v) is 9.12.